The van der Waals surface area contributed by atoms with E-state index in [0.29, 0.717) is 31.2 Å². The van der Waals surface area contributed by atoms with Gasteiger partial charge in [-0.2, -0.15) is 0 Å². The molecular weight excluding hydrogens is 322 g/mol. The summed E-state index contributed by atoms with van der Waals surface area (Å²) in [6, 6.07) is 6.78. The van der Waals surface area contributed by atoms with Gasteiger partial charge < -0.3 is 4.57 Å². The molecule has 0 N–H and O–H groups in total. The fourth-order valence-electron chi connectivity index (χ4n) is 3.54. The second-order valence-corrected chi connectivity index (χ2v) is 8.15. The molecule has 4 heteroatoms. The quantitative estimate of drug-likeness (QED) is 0.664. The predicted molar refractivity (Wildman–Crippen MR) is 104 cm³/mol. The normalized spacial score (nSPS) is 14.2. The van der Waals surface area contributed by atoms with Gasteiger partial charge in [-0.15, -0.1) is 10.2 Å². The third-order valence-corrected chi connectivity index (χ3v) is 5.34. The van der Waals surface area contributed by atoms with Gasteiger partial charge >= 0.3 is 0 Å². The lowest BCUT2D eigenvalue weighted by atomic mass is 9.97. The lowest BCUT2D eigenvalue weighted by Gasteiger charge is -2.11. The van der Waals surface area contributed by atoms with E-state index in [1.807, 2.05) is 0 Å². The highest BCUT2D eigenvalue weighted by molar-refractivity contribution is 5.81. The van der Waals surface area contributed by atoms with Crippen LogP contribution in [0.4, 0.5) is 0 Å². The lowest BCUT2D eigenvalue weighted by Crippen LogP contribution is -2.11. The van der Waals surface area contributed by atoms with Crippen molar-refractivity contribution < 1.29 is 4.79 Å². The molecule has 0 unspecified atom stereocenters. The van der Waals surface area contributed by atoms with E-state index in [2.05, 4.69) is 60.7 Å². The highest BCUT2D eigenvalue weighted by Crippen LogP contribution is 2.37. The first-order valence-corrected chi connectivity index (χ1v) is 9.95. The van der Waals surface area contributed by atoms with E-state index in [4.69, 9.17) is 0 Å². The van der Waals surface area contributed by atoms with Crippen molar-refractivity contribution in [2.24, 2.45) is 5.92 Å². The van der Waals surface area contributed by atoms with Crippen molar-refractivity contribution in [3.8, 4) is 0 Å². The summed E-state index contributed by atoms with van der Waals surface area (Å²) in [6.45, 7) is 8.65. The van der Waals surface area contributed by atoms with Crippen LogP contribution in [-0.4, -0.2) is 20.5 Å². The number of rotatable bonds is 9. The summed E-state index contributed by atoms with van der Waals surface area (Å²) in [5.74, 6) is 3.07. The van der Waals surface area contributed by atoms with Crippen molar-refractivity contribution in [3.63, 3.8) is 0 Å². The number of carbonyl (C=O) groups excluding carboxylic acids is 1. The maximum Gasteiger partial charge on any atom is 0.137 e. The lowest BCUT2D eigenvalue weighted by molar-refractivity contribution is -0.118. The molecule has 0 bridgehead atoms. The van der Waals surface area contributed by atoms with Crippen molar-refractivity contribution in [1.82, 2.24) is 14.8 Å². The van der Waals surface area contributed by atoms with E-state index >= 15 is 0 Å². The Hall–Kier alpha value is -1.97. The zero-order valence-corrected chi connectivity index (χ0v) is 16.6. The molecule has 1 fully saturated rings. The summed E-state index contributed by atoms with van der Waals surface area (Å²) in [5, 5.41) is 8.87. The number of benzene rings is 1. The van der Waals surface area contributed by atoms with Crippen LogP contribution in [0.1, 0.15) is 73.9 Å². The molecule has 4 nitrogen and oxygen atoms in total. The maximum atomic E-state index is 12.6. The number of ketones is 1. The average molecular weight is 354 g/mol. The Labute approximate surface area is 157 Å². The molecular formula is C22H31N3O. The summed E-state index contributed by atoms with van der Waals surface area (Å²) in [5.41, 5.74) is 3.59. The fourth-order valence-corrected chi connectivity index (χ4v) is 3.54. The maximum absolute atomic E-state index is 12.6. The zero-order valence-electron chi connectivity index (χ0n) is 16.6. The second-order valence-electron chi connectivity index (χ2n) is 8.15. The van der Waals surface area contributed by atoms with Gasteiger partial charge in [-0.3, -0.25) is 4.79 Å². The van der Waals surface area contributed by atoms with Crippen LogP contribution in [0.15, 0.2) is 18.2 Å². The summed E-state index contributed by atoms with van der Waals surface area (Å²) in [4.78, 5) is 12.6. The van der Waals surface area contributed by atoms with Crippen molar-refractivity contribution in [1.29, 1.82) is 0 Å². The third-order valence-electron chi connectivity index (χ3n) is 5.34. The van der Waals surface area contributed by atoms with E-state index in [9.17, 15) is 4.79 Å². The largest absolute Gasteiger partial charge is 0.312 e. The molecule has 0 aliphatic heterocycles. The SMILES string of the molecule is Cc1cccc(C)c1CC(=O)CCc1nnc(CCC(C)C)n1C1CC1. The molecule has 140 valence electrons. The number of aromatic nitrogens is 3. The molecule has 0 amide bonds. The summed E-state index contributed by atoms with van der Waals surface area (Å²) in [6.07, 6.45) is 6.33. The molecule has 0 radical (unpaired) electrons. The zero-order chi connectivity index (χ0) is 18.7. The first-order valence-electron chi connectivity index (χ1n) is 9.95. The van der Waals surface area contributed by atoms with Crippen LogP contribution in [0.3, 0.4) is 0 Å². The second kappa shape index (κ2) is 8.15. The molecule has 0 saturated heterocycles. The van der Waals surface area contributed by atoms with Crippen molar-refractivity contribution in [2.75, 3.05) is 0 Å². The number of carbonyl (C=O) groups is 1. The van der Waals surface area contributed by atoms with Crippen LogP contribution in [-0.2, 0) is 24.1 Å². The Morgan fingerprint density at radius 3 is 2.31 bits per heavy atom. The Morgan fingerprint density at radius 2 is 1.73 bits per heavy atom. The van der Waals surface area contributed by atoms with Crippen LogP contribution in [0.25, 0.3) is 0 Å². The first-order chi connectivity index (χ1) is 12.5. The Kier molecular flexibility index (Phi) is 5.90. The van der Waals surface area contributed by atoms with Gasteiger partial charge in [0.05, 0.1) is 0 Å². The topological polar surface area (TPSA) is 47.8 Å². The number of hydrogen-bond donors (Lipinski definition) is 0. The van der Waals surface area contributed by atoms with E-state index in [1.165, 1.54) is 29.5 Å². The molecule has 1 aliphatic carbocycles. The standard InChI is InChI=1S/C22H31N3O/c1-15(2)8-12-21-23-24-22(25(21)18-9-10-18)13-11-19(26)14-20-16(3)6-5-7-17(20)4/h5-7,15,18H,8-14H2,1-4H3. The van der Waals surface area contributed by atoms with Gasteiger partial charge in [0, 0.05) is 31.7 Å². The average Bonchev–Trinajstić information content (AvgIpc) is 3.35. The smallest absolute Gasteiger partial charge is 0.137 e. The number of aryl methyl sites for hydroxylation is 4. The molecule has 2 aromatic rings. The Morgan fingerprint density at radius 1 is 1.12 bits per heavy atom. The molecule has 1 saturated carbocycles. The summed E-state index contributed by atoms with van der Waals surface area (Å²) in [7, 11) is 0. The minimum atomic E-state index is 0.288. The predicted octanol–water partition coefficient (Wildman–Crippen LogP) is 4.56. The van der Waals surface area contributed by atoms with Gasteiger partial charge in [0.2, 0.25) is 0 Å². The molecule has 0 atom stereocenters. The molecule has 1 aliphatic rings. The third kappa shape index (κ3) is 4.60. The number of hydrogen-bond acceptors (Lipinski definition) is 3. The van der Waals surface area contributed by atoms with E-state index in [1.54, 1.807) is 0 Å². The monoisotopic (exact) mass is 353 g/mol. The molecule has 0 spiro atoms. The van der Waals surface area contributed by atoms with E-state index in [0.717, 1.165) is 24.5 Å². The molecule has 3 rings (SSSR count). The highest BCUT2D eigenvalue weighted by Gasteiger charge is 2.29. The van der Waals surface area contributed by atoms with E-state index < -0.39 is 0 Å². The van der Waals surface area contributed by atoms with Crippen LogP contribution >= 0.6 is 0 Å². The molecule has 1 heterocycles. The minimum absolute atomic E-state index is 0.288. The molecule has 26 heavy (non-hydrogen) atoms. The van der Waals surface area contributed by atoms with Gasteiger partial charge in [0.15, 0.2) is 0 Å². The fraction of sp³-hybridized carbons (Fsp3) is 0.591. The van der Waals surface area contributed by atoms with Crippen molar-refractivity contribution in [3.05, 3.63) is 46.5 Å². The number of nitrogens with zero attached hydrogens (tertiary/aromatic N) is 3. The van der Waals surface area contributed by atoms with Gasteiger partial charge in [-0.25, -0.2) is 0 Å². The number of Topliss-reactive ketones (excluding diaryl/α,β-unsaturated/α-hetero) is 1. The van der Waals surface area contributed by atoms with Gasteiger partial charge in [0.1, 0.15) is 17.4 Å². The van der Waals surface area contributed by atoms with Crippen LogP contribution in [0, 0.1) is 19.8 Å². The molecule has 1 aromatic carbocycles. The molecule has 1 aromatic heterocycles. The van der Waals surface area contributed by atoms with E-state index in [-0.39, 0.29) is 5.78 Å². The first kappa shape index (κ1) is 18.8. The highest BCUT2D eigenvalue weighted by atomic mass is 16.1. The van der Waals surface area contributed by atoms with Crippen LogP contribution in [0.2, 0.25) is 0 Å². The van der Waals surface area contributed by atoms with Crippen molar-refractivity contribution in [2.45, 2.75) is 78.7 Å². The van der Waals surface area contributed by atoms with Gasteiger partial charge in [-0.1, -0.05) is 32.0 Å². The Balaban J connectivity index is 1.63. The van der Waals surface area contributed by atoms with Gasteiger partial charge in [-0.05, 0) is 55.7 Å². The van der Waals surface area contributed by atoms with Gasteiger partial charge in [0.25, 0.3) is 0 Å². The summed E-state index contributed by atoms with van der Waals surface area (Å²) < 4.78 is 2.33. The summed E-state index contributed by atoms with van der Waals surface area (Å²) >= 11 is 0. The van der Waals surface area contributed by atoms with Crippen LogP contribution < -0.4 is 0 Å². The van der Waals surface area contributed by atoms with Crippen LogP contribution in [0.5, 0.6) is 0 Å². The minimum Gasteiger partial charge on any atom is -0.312 e. The Bertz CT molecular complexity index is 751. The van der Waals surface area contributed by atoms with Crippen molar-refractivity contribution >= 4 is 5.78 Å².